The summed E-state index contributed by atoms with van der Waals surface area (Å²) in [6.45, 7) is 5.61. The number of nitrogens with one attached hydrogen (secondary N) is 2. The Morgan fingerprint density at radius 1 is 1.24 bits per heavy atom. The number of piperidine rings is 1. The Labute approximate surface area is 154 Å². The van der Waals surface area contributed by atoms with Gasteiger partial charge in [-0.15, -0.1) is 11.3 Å². The molecule has 140 valence electrons. The highest BCUT2D eigenvalue weighted by atomic mass is 32.2. The molecule has 1 aromatic heterocycles. The van der Waals surface area contributed by atoms with E-state index in [1.807, 2.05) is 13.0 Å². The second-order valence-electron chi connectivity index (χ2n) is 6.70. The minimum atomic E-state index is -3.33. The SMILES string of the molecule is CCNC(=NCc1ccc(S(=O)(=O)N2CCCCC2)s1)NCC1CC1. The fourth-order valence-corrected chi connectivity index (χ4v) is 5.83. The molecule has 0 spiro atoms. The summed E-state index contributed by atoms with van der Waals surface area (Å²) < 4.78 is 27.5. The van der Waals surface area contributed by atoms with Crippen molar-refractivity contribution in [2.45, 2.75) is 49.8 Å². The lowest BCUT2D eigenvalue weighted by atomic mass is 10.2. The number of hydrogen-bond donors (Lipinski definition) is 2. The van der Waals surface area contributed by atoms with E-state index in [0.717, 1.165) is 49.1 Å². The fourth-order valence-electron chi connectivity index (χ4n) is 2.88. The van der Waals surface area contributed by atoms with Crippen LogP contribution in [-0.2, 0) is 16.6 Å². The van der Waals surface area contributed by atoms with Crippen molar-refractivity contribution in [1.82, 2.24) is 14.9 Å². The van der Waals surface area contributed by atoms with Crippen LogP contribution in [0, 0.1) is 5.92 Å². The summed E-state index contributed by atoms with van der Waals surface area (Å²) in [4.78, 5) is 5.56. The van der Waals surface area contributed by atoms with Crippen molar-refractivity contribution < 1.29 is 8.42 Å². The van der Waals surface area contributed by atoms with Crippen LogP contribution in [0.4, 0.5) is 0 Å². The summed E-state index contributed by atoms with van der Waals surface area (Å²) in [5.41, 5.74) is 0. The Morgan fingerprint density at radius 2 is 2.00 bits per heavy atom. The van der Waals surface area contributed by atoms with Gasteiger partial charge in [-0.3, -0.25) is 0 Å². The number of hydrogen-bond acceptors (Lipinski definition) is 4. The molecular weight excluding hydrogens is 356 g/mol. The van der Waals surface area contributed by atoms with Crippen LogP contribution in [0.15, 0.2) is 21.3 Å². The first-order valence-corrected chi connectivity index (χ1v) is 11.5. The molecule has 1 aromatic rings. The van der Waals surface area contributed by atoms with E-state index in [1.165, 1.54) is 24.2 Å². The number of aliphatic imine (C=N–C) groups is 1. The van der Waals surface area contributed by atoms with Crippen LogP contribution in [0.3, 0.4) is 0 Å². The van der Waals surface area contributed by atoms with Gasteiger partial charge in [0.2, 0.25) is 0 Å². The summed E-state index contributed by atoms with van der Waals surface area (Å²) in [5, 5.41) is 6.60. The molecule has 8 heteroatoms. The summed E-state index contributed by atoms with van der Waals surface area (Å²) in [5.74, 6) is 1.59. The molecule has 2 heterocycles. The van der Waals surface area contributed by atoms with Crippen LogP contribution in [0.5, 0.6) is 0 Å². The topological polar surface area (TPSA) is 73.8 Å². The van der Waals surface area contributed by atoms with Crippen molar-refractivity contribution in [3.63, 3.8) is 0 Å². The van der Waals surface area contributed by atoms with E-state index in [4.69, 9.17) is 0 Å². The zero-order chi connectivity index (χ0) is 17.7. The molecule has 1 aliphatic heterocycles. The van der Waals surface area contributed by atoms with Gasteiger partial charge in [-0.25, -0.2) is 13.4 Å². The quantitative estimate of drug-likeness (QED) is 0.559. The summed E-state index contributed by atoms with van der Waals surface area (Å²) in [6, 6.07) is 3.61. The van der Waals surface area contributed by atoms with Crippen molar-refractivity contribution >= 4 is 27.3 Å². The van der Waals surface area contributed by atoms with Crippen LogP contribution < -0.4 is 10.6 Å². The van der Waals surface area contributed by atoms with Gasteiger partial charge in [-0.1, -0.05) is 6.42 Å². The van der Waals surface area contributed by atoms with Crippen LogP contribution in [-0.4, -0.2) is 44.9 Å². The Bertz CT molecular complexity index is 689. The molecule has 2 aliphatic rings. The smallest absolute Gasteiger partial charge is 0.252 e. The first kappa shape index (κ1) is 18.7. The highest BCUT2D eigenvalue weighted by molar-refractivity contribution is 7.91. The molecule has 1 aliphatic carbocycles. The summed E-state index contributed by atoms with van der Waals surface area (Å²) in [6.07, 6.45) is 5.64. The molecule has 6 nitrogen and oxygen atoms in total. The van der Waals surface area contributed by atoms with Gasteiger partial charge >= 0.3 is 0 Å². The minimum Gasteiger partial charge on any atom is -0.357 e. The molecule has 0 atom stereocenters. The summed E-state index contributed by atoms with van der Waals surface area (Å²) in [7, 11) is -3.33. The van der Waals surface area contributed by atoms with Gasteiger partial charge in [-0.05, 0) is 50.7 Å². The Hall–Kier alpha value is -1.12. The van der Waals surface area contributed by atoms with E-state index in [1.54, 1.807) is 10.4 Å². The summed E-state index contributed by atoms with van der Waals surface area (Å²) >= 11 is 1.34. The second-order valence-corrected chi connectivity index (χ2v) is 10.0. The molecule has 3 rings (SSSR count). The first-order valence-electron chi connectivity index (χ1n) is 9.20. The van der Waals surface area contributed by atoms with Gasteiger partial charge in [0.05, 0.1) is 6.54 Å². The Kier molecular flexibility index (Phi) is 6.35. The Morgan fingerprint density at radius 3 is 2.68 bits per heavy atom. The average Bonchev–Trinajstić information content (AvgIpc) is 3.33. The molecule has 0 aromatic carbocycles. The van der Waals surface area contributed by atoms with Gasteiger partial charge in [-0.2, -0.15) is 4.31 Å². The van der Waals surface area contributed by atoms with Gasteiger partial charge in [0.1, 0.15) is 4.21 Å². The zero-order valence-electron chi connectivity index (χ0n) is 14.8. The van der Waals surface area contributed by atoms with E-state index >= 15 is 0 Å². The van der Waals surface area contributed by atoms with Crippen molar-refractivity contribution in [3.8, 4) is 0 Å². The maximum atomic E-state index is 12.7. The molecule has 2 fully saturated rings. The van der Waals surface area contributed by atoms with E-state index in [9.17, 15) is 8.42 Å². The second kappa shape index (κ2) is 8.51. The largest absolute Gasteiger partial charge is 0.357 e. The standard InChI is InChI=1S/C17H28N4O2S2/c1-2-18-17(19-12-14-6-7-14)20-13-15-8-9-16(24-15)25(22,23)21-10-4-3-5-11-21/h8-9,14H,2-7,10-13H2,1H3,(H2,18,19,20). The van der Waals surface area contributed by atoms with Crippen molar-refractivity contribution in [3.05, 3.63) is 17.0 Å². The Balaban J connectivity index is 1.62. The van der Waals surface area contributed by atoms with E-state index in [-0.39, 0.29) is 0 Å². The minimum absolute atomic E-state index is 0.440. The fraction of sp³-hybridized carbons (Fsp3) is 0.706. The van der Waals surface area contributed by atoms with E-state index in [2.05, 4.69) is 15.6 Å². The molecule has 1 saturated heterocycles. The monoisotopic (exact) mass is 384 g/mol. The molecule has 2 N–H and O–H groups in total. The van der Waals surface area contributed by atoms with Gasteiger partial charge < -0.3 is 10.6 Å². The molecule has 0 unspecified atom stereocenters. The lowest BCUT2D eigenvalue weighted by Gasteiger charge is -2.25. The third kappa shape index (κ3) is 5.18. The van der Waals surface area contributed by atoms with Crippen LogP contribution >= 0.6 is 11.3 Å². The predicted molar refractivity (Wildman–Crippen MR) is 102 cm³/mol. The van der Waals surface area contributed by atoms with Gasteiger partial charge in [0.25, 0.3) is 10.0 Å². The maximum absolute atomic E-state index is 12.7. The molecule has 0 radical (unpaired) electrons. The molecule has 0 amide bonds. The van der Waals surface area contributed by atoms with Crippen molar-refractivity contribution in [1.29, 1.82) is 0 Å². The lowest BCUT2D eigenvalue weighted by molar-refractivity contribution is 0.347. The third-order valence-corrected chi connectivity index (χ3v) is 7.97. The van der Waals surface area contributed by atoms with Crippen LogP contribution in [0.2, 0.25) is 0 Å². The third-order valence-electron chi connectivity index (χ3n) is 4.54. The van der Waals surface area contributed by atoms with Crippen LogP contribution in [0.1, 0.15) is 43.9 Å². The normalized spacial score (nSPS) is 19.8. The van der Waals surface area contributed by atoms with Crippen molar-refractivity contribution in [2.75, 3.05) is 26.2 Å². The lowest BCUT2D eigenvalue weighted by Crippen LogP contribution is -2.38. The average molecular weight is 385 g/mol. The zero-order valence-corrected chi connectivity index (χ0v) is 16.5. The number of sulfonamides is 1. The van der Waals surface area contributed by atoms with E-state index < -0.39 is 10.0 Å². The number of rotatable bonds is 7. The number of guanidine groups is 1. The first-order chi connectivity index (χ1) is 12.1. The molecule has 0 bridgehead atoms. The van der Waals surface area contributed by atoms with Gasteiger partial charge in [0, 0.05) is 31.1 Å². The molecule has 1 saturated carbocycles. The predicted octanol–water partition coefficient (Wildman–Crippen LogP) is 2.39. The maximum Gasteiger partial charge on any atom is 0.252 e. The molecule has 25 heavy (non-hydrogen) atoms. The van der Waals surface area contributed by atoms with Gasteiger partial charge in [0.15, 0.2) is 5.96 Å². The van der Waals surface area contributed by atoms with Crippen molar-refractivity contribution in [2.24, 2.45) is 10.9 Å². The number of thiophene rings is 1. The van der Waals surface area contributed by atoms with E-state index in [0.29, 0.717) is 23.8 Å². The number of nitrogens with zero attached hydrogens (tertiary/aromatic N) is 2. The highest BCUT2D eigenvalue weighted by Gasteiger charge is 2.27. The highest BCUT2D eigenvalue weighted by Crippen LogP contribution is 2.28. The molecular formula is C17H28N4O2S2. The van der Waals surface area contributed by atoms with Crippen LogP contribution in [0.25, 0.3) is 0 Å².